The minimum atomic E-state index is -0.548. The molecule has 27 heavy (non-hydrogen) atoms. The normalized spacial score (nSPS) is 11.9. The van der Waals surface area contributed by atoms with Crippen LogP contribution < -0.4 is 14.8 Å². The zero-order valence-electron chi connectivity index (χ0n) is 16.4. The first-order chi connectivity index (χ1) is 12.9. The summed E-state index contributed by atoms with van der Waals surface area (Å²) >= 11 is 6.03. The van der Waals surface area contributed by atoms with E-state index in [0.29, 0.717) is 36.3 Å². The van der Waals surface area contributed by atoms with Crippen LogP contribution in [0.3, 0.4) is 0 Å². The molecule has 0 heterocycles. The van der Waals surface area contributed by atoms with Gasteiger partial charge in [-0.15, -0.1) is 0 Å². The molecule has 0 aromatic heterocycles. The zero-order valence-corrected chi connectivity index (χ0v) is 17.2. The third-order valence-corrected chi connectivity index (χ3v) is 4.69. The third-order valence-electron chi connectivity index (χ3n) is 4.27. The molecule has 0 aliphatic rings. The standard InChI is InChI=1S/C22H28ClNO3/c1-5-20(27-17-10-11-19(23)16(4)14-17)22(25)24-12-13-26-21-9-7-6-8-18(21)15(2)3/h6-11,14-15,20H,5,12-13H2,1-4H3,(H,24,25)/t20-/m0/s1. The van der Waals surface area contributed by atoms with Crippen LogP contribution in [0, 0.1) is 6.92 Å². The van der Waals surface area contributed by atoms with Crippen molar-refractivity contribution >= 4 is 17.5 Å². The van der Waals surface area contributed by atoms with E-state index in [1.54, 1.807) is 12.1 Å². The van der Waals surface area contributed by atoms with Gasteiger partial charge in [0.1, 0.15) is 18.1 Å². The Morgan fingerprint density at radius 2 is 1.93 bits per heavy atom. The second-order valence-corrected chi connectivity index (χ2v) is 7.16. The predicted molar refractivity (Wildman–Crippen MR) is 110 cm³/mol. The van der Waals surface area contributed by atoms with Crippen molar-refractivity contribution in [2.75, 3.05) is 13.2 Å². The molecule has 0 bridgehead atoms. The summed E-state index contributed by atoms with van der Waals surface area (Å²) in [5.41, 5.74) is 2.08. The minimum absolute atomic E-state index is 0.147. The smallest absolute Gasteiger partial charge is 0.261 e. The van der Waals surface area contributed by atoms with Gasteiger partial charge in [0.25, 0.3) is 5.91 Å². The van der Waals surface area contributed by atoms with E-state index in [1.807, 2.05) is 38.1 Å². The van der Waals surface area contributed by atoms with E-state index in [9.17, 15) is 4.79 Å². The van der Waals surface area contributed by atoms with Gasteiger partial charge in [-0.25, -0.2) is 0 Å². The fourth-order valence-electron chi connectivity index (χ4n) is 2.72. The van der Waals surface area contributed by atoms with Gasteiger partial charge in [0, 0.05) is 5.02 Å². The highest BCUT2D eigenvalue weighted by Gasteiger charge is 2.18. The molecular weight excluding hydrogens is 362 g/mol. The van der Waals surface area contributed by atoms with Crippen molar-refractivity contribution in [3.05, 3.63) is 58.6 Å². The number of aryl methyl sites for hydroxylation is 1. The van der Waals surface area contributed by atoms with Crippen LogP contribution in [0.1, 0.15) is 44.2 Å². The van der Waals surface area contributed by atoms with Gasteiger partial charge in [-0.2, -0.15) is 0 Å². The van der Waals surface area contributed by atoms with Crippen LogP contribution in [-0.4, -0.2) is 25.2 Å². The van der Waals surface area contributed by atoms with Crippen molar-refractivity contribution in [1.29, 1.82) is 0 Å². The number of para-hydroxylation sites is 1. The maximum atomic E-state index is 12.4. The van der Waals surface area contributed by atoms with Crippen LogP contribution in [0.4, 0.5) is 0 Å². The van der Waals surface area contributed by atoms with Crippen molar-refractivity contribution in [3.8, 4) is 11.5 Å². The molecule has 2 rings (SSSR count). The molecule has 0 spiro atoms. The molecule has 5 heteroatoms. The maximum absolute atomic E-state index is 12.4. The molecular formula is C22H28ClNO3. The predicted octanol–water partition coefficient (Wildman–Crippen LogP) is 5.12. The fourth-order valence-corrected chi connectivity index (χ4v) is 2.83. The van der Waals surface area contributed by atoms with Crippen LogP contribution >= 0.6 is 11.6 Å². The molecule has 0 aliphatic carbocycles. The molecule has 4 nitrogen and oxygen atoms in total. The number of benzene rings is 2. The first-order valence-corrected chi connectivity index (χ1v) is 9.72. The van der Waals surface area contributed by atoms with Crippen LogP contribution in [-0.2, 0) is 4.79 Å². The van der Waals surface area contributed by atoms with Gasteiger partial charge in [0.05, 0.1) is 6.54 Å². The highest BCUT2D eigenvalue weighted by Crippen LogP contribution is 2.25. The molecule has 1 N–H and O–H groups in total. The Morgan fingerprint density at radius 1 is 1.19 bits per heavy atom. The Balaban J connectivity index is 1.84. The Kier molecular flexibility index (Phi) is 7.99. The van der Waals surface area contributed by atoms with Crippen molar-refractivity contribution in [2.24, 2.45) is 0 Å². The first kappa shape index (κ1) is 21.1. The quantitative estimate of drug-likeness (QED) is 0.605. The number of hydrogen-bond acceptors (Lipinski definition) is 3. The summed E-state index contributed by atoms with van der Waals surface area (Å²) in [4.78, 5) is 12.4. The second-order valence-electron chi connectivity index (χ2n) is 6.76. The minimum Gasteiger partial charge on any atom is -0.491 e. The SMILES string of the molecule is CC[C@H](Oc1ccc(Cl)c(C)c1)C(=O)NCCOc1ccccc1C(C)C. The lowest BCUT2D eigenvalue weighted by atomic mass is 10.0. The topological polar surface area (TPSA) is 47.6 Å². The van der Waals surface area contributed by atoms with Gasteiger partial charge in [-0.3, -0.25) is 4.79 Å². The van der Waals surface area contributed by atoms with Crippen molar-refractivity contribution < 1.29 is 14.3 Å². The van der Waals surface area contributed by atoms with E-state index in [-0.39, 0.29) is 5.91 Å². The maximum Gasteiger partial charge on any atom is 0.261 e. The second kappa shape index (κ2) is 10.2. The Hall–Kier alpha value is -2.20. The molecule has 2 aromatic carbocycles. The summed E-state index contributed by atoms with van der Waals surface area (Å²) in [6.45, 7) is 8.92. The summed E-state index contributed by atoms with van der Waals surface area (Å²) in [6, 6.07) is 13.4. The average molecular weight is 390 g/mol. The summed E-state index contributed by atoms with van der Waals surface area (Å²) in [7, 11) is 0. The Labute approximate surface area is 166 Å². The summed E-state index contributed by atoms with van der Waals surface area (Å²) in [5, 5.41) is 3.56. The van der Waals surface area contributed by atoms with Gasteiger partial charge in [0.15, 0.2) is 6.10 Å². The number of carbonyl (C=O) groups excluding carboxylic acids is 1. The average Bonchev–Trinajstić information content (AvgIpc) is 2.66. The molecule has 0 radical (unpaired) electrons. The summed E-state index contributed by atoms with van der Waals surface area (Å²) in [5.74, 6) is 1.74. The number of ether oxygens (including phenoxy) is 2. The van der Waals surface area contributed by atoms with E-state index in [0.717, 1.165) is 16.9 Å². The first-order valence-electron chi connectivity index (χ1n) is 9.34. The highest BCUT2D eigenvalue weighted by atomic mass is 35.5. The molecule has 146 valence electrons. The van der Waals surface area contributed by atoms with Gasteiger partial charge >= 0.3 is 0 Å². The number of halogens is 1. The summed E-state index contributed by atoms with van der Waals surface area (Å²) in [6.07, 6.45) is 0.0263. The van der Waals surface area contributed by atoms with Gasteiger partial charge in [0.2, 0.25) is 0 Å². The van der Waals surface area contributed by atoms with Crippen molar-refractivity contribution in [2.45, 2.75) is 46.1 Å². The third kappa shape index (κ3) is 6.17. The molecule has 0 fully saturated rings. The number of amides is 1. The largest absolute Gasteiger partial charge is 0.491 e. The number of rotatable bonds is 9. The van der Waals surface area contributed by atoms with Crippen LogP contribution in [0.25, 0.3) is 0 Å². The highest BCUT2D eigenvalue weighted by molar-refractivity contribution is 6.31. The molecule has 1 amide bonds. The van der Waals surface area contributed by atoms with E-state index in [2.05, 4.69) is 25.2 Å². The van der Waals surface area contributed by atoms with Gasteiger partial charge < -0.3 is 14.8 Å². The van der Waals surface area contributed by atoms with Crippen molar-refractivity contribution in [1.82, 2.24) is 5.32 Å². The van der Waals surface area contributed by atoms with Crippen LogP contribution in [0.5, 0.6) is 11.5 Å². The number of nitrogens with one attached hydrogen (secondary N) is 1. The molecule has 2 aromatic rings. The summed E-state index contributed by atoms with van der Waals surface area (Å²) < 4.78 is 11.7. The van der Waals surface area contributed by atoms with E-state index in [1.165, 1.54) is 0 Å². The van der Waals surface area contributed by atoms with E-state index < -0.39 is 6.10 Å². The van der Waals surface area contributed by atoms with Gasteiger partial charge in [-0.05, 0) is 54.7 Å². The molecule has 1 atom stereocenters. The van der Waals surface area contributed by atoms with Crippen LogP contribution in [0.15, 0.2) is 42.5 Å². The van der Waals surface area contributed by atoms with Crippen molar-refractivity contribution in [3.63, 3.8) is 0 Å². The number of hydrogen-bond donors (Lipinski definition) is 1. The fraction of sp³-hybridized carbons (Fsp3) is 0.409. The lowest BCUT2D eigenvalue weighted by molar-refractivity contribution is -0.128. The molecule has 0 aliphatic heterocycles. The zero-order chi connectivity index (χ0) is 19.8. The monoisotopic (exact) mass is 389 g/mol. The molecule has 0 saturated heterocycles. The Morgan fingerprint density at radius 3 is 2.59 bits per heavy atom. The molecule has 0 saturated carbocycles. The molecule has 0 unspecified atom stereocenters. The van der Waals surface area contributed by atoms with E-state index >= 15 is 0 Å². The number of carbonyl (C=O) groups is 1. The Bertz CT molecular complexity index is 761. The lowest BCUT2D eigenvalue weighted by Crippen LogP contribution is -2.39. The van der Waals surface area contributed by atoms with Gasteiger partial charge in [-0.1, -0.05) is 50.6 Å². The van der Waals surface area contributed by atoms with E-state index in [4.69, 9.17) is 21.1 Å². The van der Waals surface area contributed by atoms with Crippen LogP contribution in [0.2, 0.25) is 5.02 Å². The lowest BCUT2D eigenvalue weighted by Gasteiger charge is -2.18.